The van der Waals surface area contributed by atoms with Gasteiger partial charge in [-0.15, -0.1) is 5.10 Å². The van der Waals surface area contributed by atoms with E-state index < -0.39 is 24.7 Å². The Balaban J connectivity index is 1.54. The van der Waals surface area contributed by atoms with Crippen LogP contribution in [0.1, 0.15) is 12.8 Å². The highest BCUT2D eigenvalue weighted by atomic mass is 19.4. The molecule has 2 heterocycles. The van der Waals surface area contributed by atoms with Gasteiger partial charge < -0.3 is 4.74 Å². The summed E-state index contributed by atoms with van der Waals surface area (Å²) in [5, 5.41) is 7.27. The van der Waals surface area contributed by atoms with Gasteiger partial charge >= 0.3 is 6.18 Å². The Labute approximate surface area is 149 Å². The molecule has 27 heavy (non-hydrogen) atoms. The molecule has 10 heteroatoms. The highest BCUT2D eigenvalue weighted by Crippen LogP contribution is 2.39. The summed E-state index contributed by atoms with van der Waals surface area (Å²) in [6.45, 7) is -1.23. The minimum absolute atomic E-state index is 0.226. The molecule has 1 fully saturated rings. The molecular weight excluding hydrogens is 371 g/mol. The van der Waals surface area contributed by atoms with Crippen LogP contribution in [0.25, 0.3) is 22.2 Å². The Hall–Kier alpha value is -2.78. The van der Waals surface area contributed by atoms with Crippen molar-refractivity contribution in [1.82, 2.24) is 20.0 Å². The molecule has 3 aromatic rings. The molecule has 0 bridgehead atoms. The average Bonchev–Trinajstić information content (AvgIpc) is 2.94. The number of ether oxygens (including phenoxy) is 1. The number of rotatable bonds is 4. The summed E-state index contributed by atoms with van der Waals surface area (Å²) in [5.74, 6) is -2.45. The molecule has 0 spiro atoms. The van der Waals surface area contributed by atoms with Crippen molar-refractivity contribution in [2.75, 3.05) is 0 Å². The third-order valence-corrected chi connectivity index (χ3v) is 4.25. The summed E-state index contributed by atoms with van der Waals surface area (Å²) in [4.78, 5) is 4.09. The number of pyridine rings is 1. The van der Waals surface area contributed by atoms with Gasteiger partial charge in [0.05, 0.1) is 5.52 Å². The number of fused-ring (bicyclic) bond motifs is 1. The standard InChI is InChI=1S/C17H13F5N4O/c18-16(19)6-12(7-16)27-15-4-2-11(8-23-15)10-1-3-13-14(5-10)26(25-24-13)9-17(20,21)22/h1-5,8,12H,6-7,9H2. The second-order valence-electron chi connectivity index (χ2n) is 6.45. The smallest absolute Gasteiger partial charge is 0.408 e. The van der Waals surface area contributed by atoms with Gasteiger partial charge in [-0.05, 0) is 23.8 Å². The lowest BCUT2D eigenvalue weighted by Crippen LogP contribution is -2.43. The van der Waals surface area contributed by atoms with Gasteiger partial charge in [0.15, 0.2) is 0 Å². The van der Waals surface area contributed by atoms with E-state index >= 15 is 0 Å². The minimum atomic E-state index is -4.41. The molecule has 0 atom stereocenters. The molecule has 0 N–H and O–H groups in total. The Morgan fingerprint density at radius 1 is 1.11 bits per heavy atom. The molecule has 1 aliphatic carbocycles. The zero-order valence-corrected chi connectivity index (χ0v) is 13.7. The first-order valence-corrected chi connectivity index (χ1v) is 8.09. The predicted molar refractivity (Wildman–Crippen MR) is 85.4 cm³/mol. The van der Waals surface area contributed by atoms with Crippen LogP contribution in [-0.2, 0) is 6.54 Å². The molecule has 0 radical (unpaired) electrons. The van der Waals surface area contributed by atoms with Crippen LogP contribution < -0.4 is 4.74 Å². The lowest BCUT2D eigenvalue weighted by atomic mass is 9.91. The topological polar surface area (TPSA) is 52.8 Å². The second kappa shape index (κ2) is 6.14. The van der Waals surface area contributed by atoms with Crippen molar-refractivity contribution in [1.29, 1.82) is 0 Å². The molecule has 4 rings (SSSR count). The molecular formula is C17H13F5N4O. The fraction of sp³-hybridized carbons (Fsp3) is 0.353. The number of benzene rings is 1. The number of nitrogens with zero attached hydrogens (tertiary/aromatic N) is 4. The quantitative estimate of drug-likeness (QED) is 0.632. The summed E-state index contributed by atoms with van der Waals surface area (Å²) in [6, 6.07) is 8.02. The lowest BCUT2D eigenvalue weighted by molar-refractivity contribution is -0.142. The molecule has 0 unspecified atom stereocenters. The minimum Gasteiger partial charge on any atom is -0.474 e. The van der Waals surface area contributed by atoms with E-state index in [4.69, 9.17) is 4.74 Å². The van der Waals surface area contributed by atoms with Gasteiger partial charge in [0.1, 0.15) is 18.2 Å². The van der Waals surface area contributed by atoms with E-state index in [0.29, 0.717) is 16.6 Å². The second-order valence-corrected chi connectivity index (χ2v) is 6.45. The highest BCUT2D eigenvalue weighted by molar-refractivity contribution is 5.81. The van der Waals surface area contributed by atoms with Gasteiger partial charge in [0.2, 0.25) is 5.88 Å². The van der Waals surface area contributed by atoms with Gasteiger partial charge in [0, 0.05) is 30.7 Å². The van der Waals surface area contributed by atoms with E-state index in [1.165, 1.54) is 6.20 Å². The molecule has 0 saturated heterocycles. The first kappa shape index (κ1) is 17.6. The SMILES string of the molecule is FC(F)(F)Cn1nnc2ccc(-c3ccc(OC4CC(F)(F)C4)nc3)cc21. The first-order chi connectivity index (χ1) is 12.7. The fourth-order valence-corrected chi connectivity index (χ4v) is 2.91. The van der Waals surface area contributed by atoms with Crippen LogP contribution in [0, 0.1) is 0 Å². The molecule has 2 aromatic heterocycles. The Morgan fingerprint density at radius 3 is 2.48 bits per heavy atom. The first-order valence-electron chi connectivity index (χ1n) is 8.09. The Bertz CT molecular complexity index is 960. The van der Waals surface area contributed by atoms with Gasteiger partial charge in [-0.1, -0.05) is 11.3 Å². The number of hydrogen-bond acceptors (Lipinski definition) is 4. The van der Waals surface area contributed by atoms with E-state index in [1.807, 2.05) is 0 Å². The number of aromatic nitrogens is 4. The van der Waals surface area contributed by atoms with Crippen molar-refractivity contribution < 1.29 is 26.7 Å². The van der Waals surface area contributed by atoms with Crippen LogP contribution in [0.4, 0.5) is 22.0 Å². The fourth-order valence-electron chi connectivity index (χ4n) is 2.91. The normalized spacial score (nSPS) is 17.1. The van der Waals surface area contributed by atoms with Crippen molar-refractivity contribution in [3.8, 4) is 17.0 Å². The molecule has 142 valence electrons. The van der Waals surface area contributed by atoms with Crippen LogP contribution >= 0.6 is 0 Å². The largest absolute Gasteiger partial charge is 0.474 e. The average molecular weight is 384 g/mol. The van der Waals surface area contributed by atoms with Crippen LogP contribution in [0.5, 0.6) is 5.88 Å². The summed E-state index contributed by atoms with van der Waals surface area (Å²) < 4.78 is 69.7. The zero-order valence-electron chi connectivity index (χ0n) is 13.7. The van der Waals surface area contributed by atoms with E-state index in [-0.39, 0.29) is 24.2 Å². The molecule has 1 aromatic carbocycles. The van der Waals surface area contributed by atoms with Crippen LogP contribution in [0.2, 0.25) is 0 Å². The van der Waals surface area contributed by atoms with Gasteiger partial charge in [-0.2, -0.15) is 13.2 Å². The van der Waals surface area contributed by atoms with E-state index in [2.05, 4.69) is 15.3 Å². The summed E-state index contributed by atoms with van der Waals surface area (Å²) in [7, 11) is 0. The number of alkyl halides is 5. The molecule has 0 aliphatic heterocycles. The van der Waals surface area contributed by atoms with Crippen LogP contribution in [-0.4, -0.2) is 38.2 Å². The van der Waals surface area contributed by atoms with Crippen molar-refractivity contribution in [3.05, 3.63) is 36.5 Å². The van der Waals surface area contributed by atoms with Crippen molar-refractivity contribution in [2.45, 2.75) is 37.6 Å². The Morgan fingerprint density at radius 2 is 1.85 bits per heavy atom. The summed E-state index contributed by atoms with van der Waals surface area (Å²) in [6.07, 6.45) is -4.15. The third-order valence-electron chi connectivity index (χ3n) is 4.25. The van der Waals surface area contributed by atoms with E-state index in [0.717, 1.165) is 4.68 Å². The molecule has 1 aliphatic rings. The van der Waals surface area contributed by atoms with Gasteiger partial charge in [-0.25, -0.2) is 18.4 Å². The van der Waals surface area contributed by atoms with Gasteiger partial charge in [-0.3, -0.25) is 0 Å². The van der Waals surface area contributed by atoms with Crippen molar-refractivity contribution in [3.63, 3.8) is 0 Å². The van der Waals surface area contributed by atoms with E-state index in [9.17, 15) is 22.0 Å². The number of halogens is 5. The lowest BCUT2D eigenvalue weighted by Gasteiger charge is -2.34. The zero-order chi connectivity index (χ0) is 19.2. The van der Waals surface area contributed by atoms with Gasteiger partial charge in [0.25, 0.3) is 5.92 Å². The maximum atomic E-state index is 12.8. The maximum absolute atomic E-state index is 12.8. The predicted octanol–water partition coefficient (Wildman–Crippen LogP) is 4.23. The summed E-state index contributed by atoms with van der Waals surface area (Å²) in [5.41, 5.74) is 1.87. The van der Waals surface area contributed by atoms with E-state index in [1.54, 1.807) is 30.3 Å². The third kappa shape index (κ3) is 3.83. The Kier molecular flexibility index (Phi) is 4.01. The highest BCUT2D eigenvalue weighted by Gasteiger charge is 2.47. The van der Waals surface area contributed by atoms with Crippen LogP contribution in [0.3, 0.4) is 0 Å². The maximum Gasteiger partial charge on any atom is 0.408 e. The number of hydrogen-bond donors (Lipinski definition) is 0. The monoisotopic (exact) mass is 384 g/mol. The molecule has 0 amide bonds. The molecule has 1 saturated carbocycles. The van der Waals surface area contributed by atoms with Crippen molar-refractivity contribution in [2.24, 2.45) is 0 Å². The van der Waals surface area contributed by atoms with Crippen LogP contribution in [0.15, 0.2) is 36.5 Å². The summed E-state index contributed by atoms with van der Waals surface area (Å²) >= 11 is 0. The molecule has 5 nitrogen and oxygen atoms in total. The van der Waals surface area contributed by atoms with Crippen molar-refractivity contribution >= 4 is 11.0 Å².